The van der Waals surface area contributed by atoms with Gasteiger partial charge < -0.3 is 20.3 Å². The molecule has 1 heterocycles. The topological polar surface area (TPSA) is 75.9 Å². The number of amides is 2. The Labute approximate surface area is 159 Å². The molecule has 2 atom stereocenters. The van der Waals surface area contributed by atoms with Crippen molar-refractivity contribution in [2.75, 3.05) is 27.2 Å². The molecule has 1 aliphatic carbocycles. The summed E-state index contributed by atoms with van der Waals surface area (Å²) < 4.78 is 32.0. The summed E-state index contributed by atoms with van der Waals surface area (Å²) >= 11 is 0. The third kappa shape index (κ3) is 5.67. The van der Waals surface area contributed by atoms with E-state index in [9.17, 15) is 18.4 Å². The number of halogens is 3. The smallest absolute Gasteiger partial charge is 0.409 e. The Morgan fingerprint density at radius 3 is 2.27 bits per heavy atom. The van der Waals surface area contributed by atoms with E-state index in [0.717, 1.165) is 25.7 Å². The van der Waals surface area contributed by atoms with Crippen LogP contribution in [0.3, 0.4) is 0 Å². The quantitative estimate of drug-likeness (QED) is 0.790. The van der Waals surface area contributed by atoms with Crippen molar-refractivity contribution in [2.45, 2.75) is 57.1 Å². The molecule has 9 heteroatoms. The van der Waals surface area contributed by atoms with Gasteiger partial charge in [0.2, 0.25) is 5.91 Å². The molecule has 2 fully saturated rings. The van der Waals surface area contributed by atoms with Crippen LogP contribution in [0.15, 0.2) is 0 Å². The Hall–Kier alpha value is -1.15. The van der Waals surface area contributed by atoms with Crippen LogP contribution in [0.5, 0.6) is 0 Å². The van der Waals surface area contributed by atoms with Crippen LogP contribution in [0.4, 0.5) is 13.6 Å². The number of nitrogens with two attached hydrogens (primary N) is 1. The normalized spacial score (nSPS) is 27.2. The maximum atomic E-state index is 13.3. The molecular weight excluding hydrogens is 368 g/mol. The van der Waals surface area contributed by atoms with Gasteiger partial charge >= 0.3 is 6.09 Å². The summed E-state index contributed by atoms with van der Waals surface area (Å²) in [6, 6.07) is -0.764. The second-order valence-corrected chi connectivity index (χ2v) is 7.57. The number of rotatable bonds is 4. The molecule has 6 nitrogen and oxygen atoms in total. The Bertz CT molecular complexity index is 500. The Morgan fingerprint density at radius 2 is 1.81 bits per heavy atom. The first-order valence-electron chi connectivity index (χ1n) is 8.91. The van der Waals surface area contributed by atoms with Gasteiger partial charge in [0.25, 0.3) is 5.92 Å². The molecule has 1 aliphatic heterocycles. The zero-order valence-corrected chi connectivity index (χ0v) is 16.4. The molecule has 152 valence electrons. The van der Waals surface area contributed by atoms with Crippen molar-refractivity contribution in [1.29, 1.82) is 0 Å². The summed E-state index contributed by atoms with van der Waals surface area (Å²) in [6.07, 6.45) is 2.34. The maximum Gasteiger partial charge on any atom is 0.409 e. The van der Waals surface area contributed by atoms with Crippen LogP contribution >= 0.6 is 12.4 Å². The summed E-state index contributed by atoms with van der Waals surface area (Å²) in [7, 11) is 3.28. The van der Waals surface area contributed by atoms with Crippen molar-refractivity contribution in [3.05, 3.63) is 0 Å². The Balaban J connectivity index is 0.00000338. The van der Waals surface area contributed by atoms with E-state index in [1.165, 1.54) is 9.80 Å². The highest BCUT2D eigenvalue weighted by atomic mass is 35.5. The maximum absolute atomic E-state index is 13.3. The zero-order chi connectivity index (χ0) is 18.8. The standard InChI is InChI=1S/C17H29F2N3O3.ClH/c1-11(14(20)15(23)22-9-8-17(18,19)10-22)12-4-6-13(7-5-12)25-16(24)21(2)3;/h11-14H,4-10,20H2,1-3H3;1H/t11-,12?,13?,14-;/m0./s1. The molecule has 26 heavy (non-hydrogen) atoms. The second kappa shape index (κ2) is 9.17. The van der Waals surface area contributed by atoms with Gasteiger partial charge in [-0.3, -0.25) is 4.79 Å². The molecule has 0 bridgehead atoms. The lowest BCUT2D eigenvalue weighted by molar-refractivity contribution is -0.134. The minimum absolute atomic E-state index is 0. The van der Waals surface area contributed by atoms with Crippen LogP contribution < -0.4 is 5.73 Å². The predicted octanol–water partition coefficient (Wildman–Crippen LogP) is 2.50. The van der Waals surface area contributed by atoms with Crippen LogP contribution in [-0.2, 0) is 9.53 Å². The van der Waals surface area contributed by atoms with Gasteiger partial charge in [0.15, 0.2) is 0 Å². The summed E-state index contributed by atoms with van der Waals surface area (Å²) in [5.41, 5.74) is 6.09. The highest BCUT2D eigenvalue weighted by Gasteiger charge is 2.43. The van der Waals surface area contributed by atoms with E-state index in [2.05, 4.69) is 0 Å². The van der Waals surface area contributed by atoms with E-state index in [1.807, 2.05) is 6.92 Å². The van der Waals surface area contributed by atoms with E-state index >= 15 is 0 Å². The zero-order valence-electron chi connectivity index (χ0n) is 15.6. The largest absolute Gasteiger partial charge is 0.446 e. The number of hydrogen-bond acceptors (Lipinski definition) is 4. The van der Waals surface area contributed by atoms with Crippen molar-refractivity contribution < 1.29 is 23.1 Å². The van der Waals surface area contributed by atoms with Crippen molar-refractivity contribution in [1.82, 2.24) is 9.80 Å². The Morgan fingerprint density at radius 1 is 1.23 bits per heavy atom. The van der Waals surface area contributed by atoms with Crippen molar-refractivity contribution in [3.8, 4) is 0 Å². The van der Waals surface area contributed by atoms with Gasteiger partial charge in [-0.15, -0.1) is 12.4 Å². The van der Waals surface area contributed by atoms with Crippen molar-refractivity contribution >= 4 is 24.4 Å². The van der Waals surface area contributed by atoms with E-state index < -0.39 is 18.5 Å². The molecule has 0 spiro atoms. The highest BCUT2D eigenvalue weighted by molar-refractivity contribution is 5.85. The van der Waals surface area contributed by atoms with Crippen LogP contribution in [-0.4, -0.2) is 67.1 Å². The van der Waals surface area contributed by atoms with Gasteiger partial charge in [-0.25, -0.2) is 13.6 Å². The van der Waals surface area contributed by atoms with Gasteiger partial charge in [0, 0.05) is 27.1 Å². The van der Waals surface area contributed by atoms with Gasteiger partial charge in [-0.2, -0.15) is 0 Å². The number of hydrogen-bond donors (Lipinski definition) is 1. The summed E-state index contributed by atoms with van der Waals surface area (Å²) in [5, 5.41) is 0. The summed E-state index contributed by atoms with van der Waals surface area (Å²) in [6.45, 7) is 1.45. The monoisotopic (exact) mass is 397 g/mol. The fourth-order valence-electron chi connectivity index (χ4n) is 3.63. The summed E-state index contributed by atoms with van der Waals surface area (Å²) in [4.78, 5) is 26.6. The van der Waals surface area contributed by atoms with Gasteiger partial charge in [0.1, 0.15) is 6.10 Å². The molecule has 1 saturated carbocycles. The van der Waals surface area contributed by atoms with Crippen molar-refractivity contribution in [2.24, 2.45) is 17.6 Å². The SMILES string of the molecule is C[C@@H](C1CCC(OC(=O)N(C)C)CC1)[C@H](N)C(=O)N1CCC(F)(F)C1.Cl. The van der Waals surface area contributed by atoms with Crippen LogP contribution in [0.2, 0.25) is 0 Å². The minimum Gasteiger partial charge on any atom is -0.446 e. The molecule has 0 aromatic carbocycles. The van der Waals surface area contributed by atoms with Crippen LogP contribution in [0.25, 0.3) is 0 Å². The number of nitrogens with zero attached hydrogens (tertiary/aromatic N) is 2. The van der Waals surface area contributed by atoms with Gasteiger partial charge in [-0.05, 0) is 37.5 Å². The number of likely N-dealkylation sites (tertiary alicyclic amines) is 1. The predicted molar refractivity (Wildman–Crippen MR) is 96.4 cm³/mol. The first-order valence-corrected chi connectivity index (χ1v) is 8.91. The number of carbonyl (C=O) groups is 2. The van der Waals surface area contributed by atoms with E-state index in [1.54, 1.807) is 14.1 Å². The number of carbonyl (C=O) groups excluding carboxylic acids is 2. The molecule has 0 aromatic rings. The fourth-order valence-corrected chi connectivity index (χ4v) is 3.63. The second-order valence-electron chi connectivity index (χ2n) is 7.57. The third-order valence-corrected chi connectivity index (χ3v) is 5.43. The highest BCUT2D eigenvalue weighted by Crippen LogP contribution is 2.34. The van der Waals surface area contributed by atoms with Crippen molar-refractivity contribution in [3.63, 3.8) is 0 Å². The lowest BCUT2D eigenvalue weighted by Gasteiger charge is -2.35. The number of ether oxygens (including phenoxy) is 1. The first kappa shape index (κ1) is 22.9. The molecule has 2 aliphatic rings. The molecule has 0 unspecified atom stereocenters. The molecule has 1 saturated heterocycles. The number of alkyl halides is 2. The van der Waals surface area contributed by atoms with Gasteiger partial charge in [-0.1, -0.05) is 6.92 Å². The molecule has 2 N–H and O–H groups in total. The average molecular weight is 398 g/mol. The molecule has 2 amide bonds. The fraction of sp³-hybridized carbons (Fsp3) is 0.882. The first-order chi connectivity index (χ1) is 11.6. The van der Waals surface area contributed by atoms with E-state index in [4.69, 9.17) is 10.5 Å². The average Bonchev–Trinajstić information content (AvgIpc) is 2.93. The Kier molecular flexibility index (Phi) is 8.07. The summed E-state index contributed by atoms with van der Waals surface area (Å²) in [5.74, 6) is -3.04. The molecule has 0 radical (unpaired) electrons. The van der Waals surface area contributed by atoms with Crippen LogP contribution in [0.1, 0.15) is 39.0 Å². The molecular formula is C17H30ClF2N3O3. The lowest BCUT2D eigenvalue weighted by Crippen LogP contribution is -2.49. The van der Waals surface area contributed by atoms with E-state index in [-0.39, 0.29) is 55.3 Å². The van der Waals surface area contributed by atoms with E-state index in [0.29, 0.717) is 0 Å². The van der Waals surface area contributed by atoms with Gasteiger partial charge in [0.05, 0.1) is 12.6 Å². The molecule has 0 aromatic heterocycles. The minimum atomic E-state index is -2.80. The molecule has 2 rings (SSSR count). The lowest BCUT2D eigenvalue weighted by atomic mass is 9.76. The third-order valence-electron chi connectivity index (χ3n) is 5.43. The van der Waals surface area contributed by atoms with Crippen LogP contribution in [0, 0.1) is 11.8 Å².